The summed E-state index contributed by atoms with van der Waals surface area (Å²) >= 11 is 0. The summed E-state index contributed by atoms with van der Waals surface area (Å²) in [7, 11) is 0. The van der Waals surface area contributed by atoms with E-state index in [1.54, 1.807) is 0 Å². The predicted octanol–water partition coefficient (Wildman–Crippen LogP) is 2.27. The van der Waals surface area contributed by atoms with E-state index in [4.69, 9.17) is 5.73 Å². The topological polar surface area (TPSA) is 72.5 Å². The molecule has 2 heterocycles. The van der Waals surface area contributed by atoms with E-state index in [1.807, 2.05) is 23.3 Å². The molecule has 5 heteroatoms. The molecule has 0 spiro atoms. The Morgan fingerprint density at radius 3 is 2.56 bits per heavy atom. The van der Waals surface area contributed by atoms with Crippen LogP contribution in [0, 0.1) is 0 Å². The fraction of sp³-hybridized carbons (Fsp3) is 0.538. The Morgan fingerprint density at radius 2 is 2.00 bits per heavy atom. The minimum atomic E-state index is -0.362. The van der Waals surface area contributed by atoms with E-state index in [1.165, 1.54) is 0 Å². The molecule has 2 aromatic rings. The second kappa shape index (κ2) is 4.94. The quantitative estimate of drug-likeness (QED) is 0.851. The lowest BCUT2D eigenvalue weighted by Crippen LogP contribution is -2.36. The van der Waals surface area contributed by atoms with Crippen molar-refractivity contribution >= 4 is 0 Å². The van der Waals surface area contributed by atoms with E-state index in [0.29, 0.717) is 0 Å². The first-order valence-corrected chi connectivity index (χ1v) is 6.50. The minimum absolute atomic E-state index is 0.362. The largest absolute Gasteiger partial charge is 0.340 e. The van der Waals surface area contributed by atoms with E-state index >= 15 is 0 Å². The Bertz CT molecular complexity index is 507. The lowest BCUT2D eigenvalue weighted by atomic mass is 9.93. The summed E-state index contributed by atoms with van der Waals surface area (Å²) in [5.74, 6) is 0.853. The van der Waals surface area contributed by atoms with Gasteiger partial charge in [0, 0.05) is 18.3 Å². The van der Waals surface area contributed by atoms with Gasteiger partial charge in [-0.1, -0.05) is 13.8 Å². The highest BCUT2D eigenvalue weighted by atomic mass is 15.3. The summed E-state index contributed by atoms with van der Waals surface area (Å²) in [5, 5.41) is 4.26. The molecule has 2 rings (SSSR count). The fourth-order valence-electron chi connectivity index (χ4n) is 1.98. The number of aromatic amines is 1. The Hall–Kier alpha value is -1.62. The van der Waals surface area contributed by atoms with Crippen LogP contribution in [0.5, 0.6) is 0 Å². The molecule has 0 aromatic carbocycles. The number of nitrogens with one attached hydrogen (secondary N) is 1. The van der Waals surface area contributed by atoms with E-state index in [0.717, 1.165) is 36.5 Å². The molecule has 0 saturated carbocycles. The highest BCUT2D eigenvalue weighted by molar-refractivity contribution is 5.56. The van der Waals surface area contributed by atoms with Gasteiger partial charge >= 0.3 is 0 Å². The number of H-pyrrole nitrogens is 1. The number of aromatic nitrogens is 4. The summed E-state index contributed by atoms with van der Waals surface area (Å²) in [4.78, 5) is 7.74. The summed E-state index contributed by atoms with van der Waals surface area (Å²) < 4.78 is 1.89. The van der Waals surface area contributed by atoms with E-state index in [9.17, 15) is 0 Å². The molecule has 0 aliphatic heterocycles. The fourth-order valence-corrected chi connectivity index (χ4v) is 1.98. The van der Waals surface area contributed by atoms with Crippen LogP contribution in [0.2, 0.25) is 0 Å². The number of rotatable bonds is 5. The number of nitrogens with two attached hydrogens (primary N) is 1. The molecular formula is C13H21N5. The Balaban J connectivity index is 2.30. The van der Waals surface area contributed by atoms with Gasteiger partial charge in [0.25, 0.3) is 0 Å². The zero-order valence-electron chi connectivity index (χ0n) is 11.3. The normalized spacial score (nSPS) is 12.0. The van der Waals surface area contributed by atoms with Crippen LogP contribution < -0.4 is 5.73 Å². The molecule has 0 aliphatic carbocycles. The Labute approximate surface area is 107 Å². The van der Waals surface area contributed by atoms with E-state index in [2.05, 4.69) is 35.8 Å². The number of aryl methyl sites for hydroxylation is 1. The van der Waals surface area contributed by atoms with Crippen molar-refractivity contribution in [1.29, 1.82) is 0 Å². The van der Waals surface area contributed by atoms with Gasteiger partial charge in [0.1, 0.15) is 5.82 Å². The number of nitrogens with zero attached hydrogens (tertiary/aromatic N) is 3. The van der Waals surface area contributed by atoms with Crippen LogP contribution in [0.1, 0.15) is 39.4 Å². The van der Waals surface area contributed by atoms with Crippen molar-refractivity contribution < 1.29 is 0 Å². The van der Waals surface area contributed by atoms with Gasteiger partial charge in [-0.05, 0) is 19.8 Å². The molecular weight excluding hydrogens is 226 g/mol. The maximum absolute atomic E-state index is 6.33. The molecule has 0 unspecified atom stereocenters. The first-order valence-electron chi connectivity index (χ1n) is 6.50. The smallest absolute Gasteiger partial charge is 0.126 e. The Morgan fingerprint density at radius 1 is 1.28 bits per heavy atom. The van der Waals surface area contributed by atoms with Crippen LogP contribution in [0.3, 0.4) is 0 Å². The lowest BCUT2D eigenvalue weighted by Gasteiger charge is -2.23. The third-order valence-corrected chi connectivity index (χ3v) is 3.58. The molecule has 0 amide bonds. The van der Waals surface area contributed by atoms with Gasteiger partial charge in [-0.15, -0.1) is 0 Å². The van der Waals surface area contributed by atoms with Crippen molar-refractivity contribution in [3.05, 3.63) is 24.4 Å². The van der Waals surface area contributed by atoms with Gasteiger partial charge in [-0.2, -0.15) is 5.10 Å². The first-order chi connectivity index (χ1) is 8.62. The zero-order chi connectivity index (χ0) is 13.2. The lowest BCUT2D eigenvalue weighted by molar-refractivity contribution is 0.391. The second-order valence-corrected chi connectivity index (χ2v) is 4.59. The molecule has 0 saturated heterocycles. The molecule has 5 nitrogen and oxygen atoms in total. The predicted molar refractivity (Wildman–Crippen MR) is 71.9 cm³/mol. The third kappa shape index (κ3) is 2.18. The van der Waals surface area contributed by atoms with Gasteiger partial charge in [0.2, 0.25) is 0 Å². The van der Waals surface area contributed by atoms with Gasteiger partial charge < -0.3 is 10.7 Å². The average molecular weight is 247 g/mol. The SMILES string of the molecule is CCn1cc(-c2cnc(C(N)(CC)CC)[nH]2)cn1. The molecule has 0 fully saturated rings. The minimum Gasteiger partial charge on any atom is -0.340 e. The number of hydrogen-bond acceptors (Lipinski definition) is 3. The van der Waals surface area contributed by atoms with Crippen LogP contribution in [-0.4, -0.2) is 19.7 Å². The van der Waals surface area contributed by atoms with Crippen LogP contribution >= 0.6 is 0 Å². The average Bonchev–Trinajstić information content (AvgIpc) is 3.05. The summed E-state index contributed by atoms with van der Waals surface area (Å²) in [6.45, 7) is 7.10. The van der Waals surface area contributed by atoms with Crippen molar-refractivity contribution in [2.75, 3.05) is 0 Å². The maximum atomic E-state index is 6.33. The van der Waals surface area contributed by atoms with Crippen LogP contribution in [-0.2, 0) is 12.1 Å². The summed E-state index contributed by atoms with van der Waals surface area (Å²) in [6, 6.07) is 0. The van der Waals surface area contributed by atoms with Crippen LogP contribution in [0.25, 0.3) is 11.3 Å². The van der Waals surface area contributed by atoms with E-state index in [-0.39, 0.29) is 5.54 Å². The first kappa shape index (κ1) is 12.8. The molecule has 2 aromatic heterocycles. The van der Waals surface area contributed by atoms with Crippen LogP contribution in [0.15, 0.2) is 18.6 Å². The molecule has 98 valence electrons. The van der Waals surface area contributed by atoms with E-state index < -0.39 is 0 Å². The summed E-state index contributed by atoms with van der Waals surface area (Å²) in [6.07, 6.45) is 7.42. The number of hydrogen-bond donors (Lipinski definition) is 2. The van der Waals surface area contributed by atoms with Gasteiger partial charge in [0.05, 0.1) is 23.6 Å². The molecule has 0 radical (unpaired) electrons. The molecule has 3 N–H and O–H groups in total. The van der Waals surface area contributed by atoms with Crippen molar-refractivity contribution in [2.24, 2.45) is 5.73 Å². The highest BCUT2D eigenvalue weighted by Gasteiger charge is 2.26. The van der Waals surface area contributed by atoms with Gasteiger partial charge in [-0.3, -0.25) is 4.68 Å². The second-order valence-electron chi connectivity index (χ2n) is 4.59. The molecule has 18 heavy (non-hydrogen) atoms. The number of imidazole rings is 1. The van der Waals surface area contributed by atoms with Crippen molar-refractivity contribution in [1.82, 2.24) is 19.7 Å². The molecule has 0 aliphatic rings. The molecule has 0 atom stereocenters. The third-order valence-electron chi connectivity index (χ3n) is 3.58. The van der Waals surface area contributed by atoms with Crippen molar-refractivity contribution in [3.63, 3.8) is 0 Å². The van der Waals surface area contributed by atoms with Crippen LogP contribution in [0.4, 0.5) is 0 Å². The maximum Gasteiger partial charge on any atom is 0.126 e. The standard InChI is InChI=1S/C13H21N5/c1-4-13(14,5-2)12-15-8-11(17-12)10-7-16-18(6-3)9-10/h7-9H,4-6,14H2,1-3H3,(H,15,17). The zero-order valence-corrected chi connectivity index (χ0v) is 11.3. The summed E-state index contributed by atoms with van der Waals surface area (Å²) in [5.41, 5.74) is 7.98. The van der Waals surface area contributed by atoms with Crippen molar-refractivity contribution in [2.45, 2.75) is 45.7 Å². The monoisotopic (exact) mass is 247 g/mol. The molecule has 0 bridgehead atoms. The van der Waals surface area contributed by atoms with Gasteiger partial charge in [0.15, 0.2) is 0 Å². The van der Waals surface area contributed by atoms with Gasteiger partial charge in [-0.25, -0.2) is 4.98 Å². The van der Waals surface area contributed by atoms with Crippen molar-refractivity contribution in [3.8, 4) is 11.3 Å². The Kier molecular flexibility index (Phi) is 3.52. The highest BCUT2D eigenvalue weighted by Crippen LogP contribution is 2.25.